The Morgan fingerprint density at radius 1 is 1.42 bits per heavy atom. The Morgan fingerprint density at radius 2 is 2.11 bits per heavy atom. The van der Waals surface area contributed by atoms with Crippen LogP contribution in [0.3, 0.4) is 0 Å². The van der Waals surface area contributed by atoms with Gasteiger partial charge in [0.2, 0.25) is 0 Å². The van der Waals surface area contributed by atoms with Gasteiger partial charge in [0.15, 0.2) is 0 Å². The van der Waals surface area contributed by atoms with Gasteiger partial charge in [-0.2, -0.15) is 5.26 Å². The number of benzene rings is 1. The lowest BCUT2D eigenvalue weighted by Gasteiger charge is -2.22. The lowest BCUT2D eigenvalue weighted by Crippen LogP contribution is -2.36. The number of nitrogens with zero attached hydrogens (tertiary/aromatic N) is 2. The maximum atomic E-state index is 9.89. The summed E-state index contributed by atoms with van der Waals surface area (Å²) < 4.78 is 5.48. The second-order valence-corrected chi connectivity index (χ2v) is 4.34. The normalized spacial score (nSPS) is 12.1. The summed E-state index contributed by atoms with van der Waals surface area (Å²) >= 11 is 0. The Balaban J connectivity index is 2.32. The number of nitriles is 1. The Hall–Kier alpha value is -1.77. The second-order valence-electron chi connectivity index (χ2n) is 4.34. The molecule has 0 saturated heterocycles. The van der Waals surface area contributed by atoms with Crippen LogP contribution in [0, 0.1) is 11.3 Å². The minimum atomic E-state index is -0.573. The molecule has 1 aromatic carbocycles. The summed E-state index contributed by atoms with van der Waals surface area (Å²) in [6.45, 7) is 4.22. The van der Waals surface area contributed by atoms with Gasteiger partial charge in [-0.15, -0.1) is 0 Å². The van der Waals surface area contributed by atoms with Crippen LogP contribution in [0.4, 0.5) is 5.69 Å². The zero-order valence-corrected chi connectivity index (χ0v) is 11.2. The highest BCUT2D eigenvalue weighted by atomic mass is 16.5. The predicted molar refractivity (Wildman–Crippen MR) is 74.7 cm³/mol. The summed E-state index contributed by atoms with van der Waals surface area (Å²) in [6, 6.07) is 9.16. The highest BCUT2D eigenvalue weighted by Crippen LogP contribution is 2.13. The third kappa shape index (κ3) is 6.09. The highest BCUT2D eigenvalue weighted by Gasteiger charge is 2.10. The van der Waals surface area contributed by atoms with Crippen LogP contribution in [-0.2, 0) is 0 Å². The molecule has 0 aliphatic carbocycles. The molecule has 3 N–H and O–H groups in total. The van der Waals surface area contributed by atoms with Crippen molar-refractivity contribution in [3.8, 4) is 11.8 Å². The van der Waals surface area contributed by atoms with Crippen molar-refractivity contribution in [2.45, 2.75) is 19.4 Å². The Kier molecular flexibility index (Phi) is 6.72. The number of nitrogens with two attached hydrogens (primary N) is 1. The Bertz CT molecular complexity index is 400. The van der Waals surface area contributed by atoms with E-state index in [1.54, 1.807) is 24.3 Å². The molecule has 5 nitrogen and oxygen atoms in total. The molecule has 0 bridgehead atoms. The van der Waals surface area contributed by atoms with Crippen molar-refractivity contribution < 1.29 is 9.84 Å². The standard InChI is InChI=1S/C14H21N3O2/c1-2-17(9-3-8-15)10-13(18)11-19-14-6-4-12(16)5-7-14/h4-7,13,18H,2-3,9-11,16H2,1H3. The number of anilines is 1. The van der Waals surface area contributed by atoms with E-state index in [0.717, 1.165) is 6.54 Å². The van der Waals surface area contributed by atoms with E-state index in [4.69, 9.17) is 15.7 Å². The summed E-state index contributed by atoms with van der Waals surface area (Å²) in [4.78, 5) is 2.03. The van der Waals surface area contributed by atoms with Crippen LogP contribution < -0.4 is 10.5 Å². The van der Waals surface area contributed by atoms with E-state index in [1.807, 2.05) is 11.8 Å². The number of aliphatic hydroxyl groups excluding tert-OH is 1. The predicted octanol–water partition coefficient (Wildman–Crippen LogP) is 1.24. The molecule has 5 heteroatoms. The third-order valence-corrected chi connectivity index (χ3v) is 2.78. The smallest absolute Gasteiger partial charge is 0.119 e. The molecule has 104 valence electrons. The number of aliphatic hydroxyl groups is 1. The first-order valence-electron chi connectivity index (χ1n) is 6.41. The third-order valence-electron chi connectivity index (χ3n) is 2.78. The molecule has 1 atom stereocenters. The van der Waals surface area contributed by atoms with Crippen LogP contribution in [0.5, 0.6) is 5.75 Å². The first kappa shape index (κ1) is 15.3. The first-order valence-corrected chi connectivity index (χ1v) is 6.41. The molecule has 0 aliphatic rings. The molecule has 0 radical (unpaired) electrons. The van der Waals surface area contributed by atoms with Gasteiger partial charge in [-0.3, -0.25) is 4.90 Å². The van der Waals surface area contributed by atoms with Gasteiger partial charge in [0, 0.05) is 25.2 Å². The molecule has 0 aromatic heterocycles. The fourth-order valence-electron chi connectivity index (χ4n) is 1.69. The van der Waals surface area contributed by atoms with Gasteiger partial charge in [0.1, 0.15) is 18.5 Å². The average Bonchev–Trinajstić information content (AvgIpc) is 2.42. The molecule has 0 spiro atoms. The topological polar surface area (TPSA) is 82.5 Å². The van der Waals surface area contributed by atoms with Crippen molar-refractivity contribution in [1.82, 2.24) is 4.90 Å². The fourth-order valence-corrected chi connectivity index (χ4v) is 1.69. The lowest BCUT2D eigenvalue weighted by atomic mass is 10.3. The van der Waals surface area contributed by atoms with Crippen LogP contribution in [0.2, 0.25) is 0 Å². The highest BCUT2D eigenvalue weighted by molar-refractivity contribution is 5.41. The molecule has 1 rings (SSSR count). The number of nitrogen functional groups attached to an aromatic ring is 1. The maximum absolute atomic E-state index is 9.89. The molecule has 0 aliphatic heterocycles. The minimum Gasteiger partial charge on any atom is -0.491 e. The van der Waals surface area contributed by atoms with Gasteiger partial charge in [0.05, 0.1) is 6.07 Å². The van der Waals surface area contributed by atoms with E-state index < -0.39 is 6.10 Å². The summed E-state index contributed by atoms with van der Waals surface area (Å²) in [5, 5.41) is 18.4. The van der Waals surface area contributed by atoms with Gasteiger partial charge in [-0.1, -0.05) is 6.92 Å². The number of ether oxygens (including phenoxy) is 1. The Morgan fingerprint density at radius 3 is 2.68 bits per heavy atom. The van der Waals surface area contributed by atoms with E-state index in [2.05, 4.69) is 6.07 Å². The van der Waals surface area contributed by atoms with E-state index in [0.29, 0.717) is 30.9 Å². The monoisotopic (exact) mass is 263 g/mol. The van der Waals surface area contributed by atoms with Crippen molar-refractivity contribution in [3.05, 3.63) is 24.3 Å². The molecule has 19 heavy (non-hydrogen) atoms. The molecule has 0 amide bonds. The molecular weight excluding hydrogens is 242 g/mol. The van der Waals surface area contributed by atoms with Gasteiger partial charge in [0.25, 0.3) is 0 Å². The largest absolute Gasteiger partial charge is 0.491 e. The van der Waals surface area contributed by atoms with Crippen LogP contribution in [-0.4, -0.2) is 42.4 Å². The number of hydrogen-bond donors (Lipinski definition) is 2. The maximum Gasteiger partial charge on any atom is 0.119 e. The van der Waals surface area contributed by atoms with Gasteiger partial charge in [-0.05, 0) is 30.8 Å². The van der Waals surface area contributed by atoms with Crippen molar-refractivity contribution >= 4 is 5.69 Å². The van der Waals surface area contributed by atoms with Crippen LogP contribution >= 0.6 is 0 Å². The van der Waals surface area contributed by atoms with Crippen molar-refractivity contribution in [2.75, 3.05) is 32.0 Å². The molecule has 1 aromatic rings. The van der Waals surface area contributed by atoms with E-state index >= 15 is 0 Å². The van der Waals surface area contributed by atoms with E-state index in [-0.39, 0.29) is 6.61 Å². The van der Waals surface area contributed by atoms with Crippen LogP contribution in [0.25, 0.3) is 0 Å². The summed E-state index contributed by atoms with van der Waals surface area (Å²) in [5.74, 6) is 0.688. The number of hydrogen-bond acceptors (Lipinski definition) is 5. The van der Waals surface area contributed by atoms with Gasteiger partial charge in [-0.25, -0.2) is 0 Å². The fraction of sp³-hybridized carbons (Fsp3) is 0.500. The van der Waals surface area contributed by atoms with Gasteiger partial charge >= 0.3 is 0 Å². The summed E-state index contributed by atoms with van der Waals surface area (Å²) in [5.41, 5.74) is 6.26. The number of rotatable bonds is 8. The SMILES string of the molecule is CCN(CCC#N)CC(O)COc1ccc(N)cc1. The van der Waals surface area contributed by atoms with Crippen LogP contribution in [0.15, 0.2) is 24.3 Å². The van der Waals surface area contributed by atoms with E-state index in [9.17, 15) is 5.11 Å². The molecule has 0 saturated carbocycles. The molecule has 0 heterocycles. The minimum absolute atomic E-state index is 0.229. The van der Waals surface area contributed by atoms with Crippen molar-refractivity contribution in [2.24, 2.45) is 0 Å². The lowest BCUT2D eigenvalue weighted by molar-refractivity contribution is 0.0706. The summed E-state index contributed by atoms with van der Waals surface area (Å²) in [6.07, 6.45) is -0.101. The van der Waals surface area contributed by atoms with Gasteiger partial charge < -0.3 is 15.6 Å². The summed E-state index contributed by atoms with van der Waals surface area (Å²) in [7, 11) is 0. The average molecular weight is 263 g/mol. The zero-order chi connectivity index (χ0) is 14.1. The second kappa shape index (κ2) is 8.35. The Labute approximate surface area is 114 Å². The quantitative estimate of drug-likeness (QED) is 0.690. The molecule has 1 unspecified atom stereocenters. The molecule has 0 fully saturated rings. The zero-order valence-electron chi connectivity index (χ0n) is 11.2. The number of likely N-dealkylation sites (N-methyl/N-ethyl adjacent to an activating group) is 1. The van der Waals surface area contributed by atoms with E-state index in [1.165, 1.54) is 0 Å². The first-order chi connectivity index (χ1) is 9.15. The van der Waals surface area contributed by atoms with Crippen molar-refractivity contribution in [3.63, 3.8) is 0 Å². The molecular formula is C14H21N3O2. The van der Waals surface area contributed by atoms with Crippen LogP contribution in [0.1, 0.15) is 13.3 Å². The van der Waals surface area contributed by atoms with Crippen molar-refractivity contribution in [1.29, 1.82) is 5.26 Å².